The highest BCUT2D eigenvalue weighted by Gasteiger charge is 2.26. The van der Waals surface area contributed by atoms with E-state index in [-0.39, 0.29) is 36.4 Å². The van der Waals surface area contributed by atoms with E-state index in [9.17, 15) is 28.3 Å². The van der Waals surface area contributed by atoms with E-state index < -0.39 is 29.7 Å². The molecule has 42 heavy (non-hydrogen) atoms. The zero-order valence-corrected chi connectivity index (χ0v) is 25.1. The summed E-state index contributed by atoms with van der Waals surface area (Å²) in [6.45, 7) is 9.95. The summed E-state index contributed by atoms with van der Waals surface area (Å²) in [6, 6.07) is 7.31. The molecule has 1 saturated heterocycles. The van der Waals surface area contributed by atoms with E-state index in [4.69, 9.17) is 0 Å². The molecule has 8 nitrogen and oxygen atoms in total. The molecule has 0 saturated carbocycles. The number of carbonyl (C=O) groups is 3. The Hall–Kier alpha value is -3.37. The lowest BCUT2D eigenvalue weighted by atomic mass is 9.98. The van der Waals surface area contributed by atoms with Crippen molar-refractivity contribution in [2.45, 2.75) is 78.0 Å². The van der Waals surface area contributed by atoms with Gasteiger partial charge in [0.2, 0.25) is 5.91 Å². The Morgan fingerprint density at radius 2 is 1.57 bits per heavy atom. The number of aliphatic hydroxyl groups excluding tert-OH is 1. The summed E-state index contributed by atoms with van der Waals surface area (Å²) in [6.07, 6.45) is 1.99. The number of piperidine rings is 1. The van der Waals surface area contributed by atoms with Crippen LogP contribution in [-0.2, 0) is 11.2 Å². The number of hydrogen-bond donors (Lipinski definition) is 3. The van der Waals surface area contributed by atoms with E-state index in [0.717, 1.165) is 37.3 Å². The zero-order chi connectivity index (χ0) is 30.8. The topological polar surface area (TPSA) is 102 Å². The lowest BCUT2D eigenvalue weighted by Gasteiger charge is -2.33. The minimum atomic E-state index is -1.08. The lowest BCUT2D eigenvalue weighted by molar-refractivity contribution is -0.129. The van der Waals surface area contributed by atoms with Gasteiger partial charge in [0.1, 0.15) is 11.6 Å². The molecule has 0 bridgehead atoms. The molecule has 3 rings (SSSR count). The van der Waals surface area contributed by atoms with Crippen molar-refractivity contribution in [3.05, 3.63) is 70.3 Å². The summed E-state index contributed by atoms with van der Waals surface area (Å²) in [7, 11) is 0. The summed E-state index contributed by atoms with van der Waals surface area (Å²) in [5.74, 6) is -2.11. The summed E-state index contributed by atoms with van der Waals surface area (Å²) in [5.41, 5.74) is 1.70. The SMILES string of the molecule is CCCN(CCC)C(=O)c1cc(C)cc(C(=O)N[C@@H](Cc2cc(F)cc(F)c2)[C@H](O)CNC2CCN(C(C)=O)CC2)c1. The second kappa shape index (κ2) is 15.7. The van der Waals surface area contributed by atoms with E-state index in [1.165, 1.54) is 12.1 Å². The molecule has 2 aromatic rings. The van der Waals surface area contributed by atoms with Crippen LogP contribution >= 0.6 is 0 Å². The van der Waals surface area contributed by atoms with Crippen LogP contribution in [0.2, 0.25) is 0 Å². The van der Waals surface area contributed by atoms with Gasteiger partial charge in [-0.3, -0.25) is 14.4 Å². The molecule has 1 aliphatic rings. The molecule has 2 aromatic carbocycles. The van der Waals surface area contributed by atoms with Gasteiger partial charge in [-0.25, -0.2) is 8.78 Å². The highest BCUT2D eigenvalue weighted by Crippen LogP contribution is 2.17. The van der Waals surface area contributed by atoms with Gasteiger partial charge in [0, 0.05) is 62.9 Å². The van der Waals surface area contributed by atoms with Gasteiger partial charge in [-0.05, 0) is 80.5 Å². The maximum absolute atomic E-state index is 14.0. The van der Waals surface area contributed by atoms with Crippen molar-refractivity contribution in [2.24, 2.45) is 0 Å². The minimum Gasteiger partial charge on any atom is -0.390 e. The number of likely N-dealkylation sites (tertiary alicyclic amines) is 1. The van der Waals surface area contributed by atoms with Crippen LogP contribution in [0.1, 0.15) is 78.3 Å². The van der Waals surface area contributed by atoms with Crippen molar-refractivity contribution in [1.82, 2.24) is 20.4 Å². The first kappa shape index (κ1) is 33.1. The van der Waals surface area contributed by atoms with Gasteiger partial charge in [0.25, 0.3) is 11.8 Å². The molecule has 1 heterocycles. The number of aryl methyl sites for hydroxylation is 1. The van der Waals surface area contributed by atoms with Gasteiger partial charge < -0.3 is 25.5 Å². The Morgan fingerprint density at radius 3 is 2.14 bits per heavy atom. The lowest BCUT2D eigenvalue weighted by Crippen LogP contribution is -2.51. The van der Waals surface area contributed by atoms with Crippen molar-refractivity contribution in [3.8, 4) is 0 Å². The van der Waals surface area contributed by atoms with Crippen LogP contribution in [0.3, 0.4) is 0 Å². The van der Waals surface area contributed by atoms with Crippen molar-refractivity contribution in [1.29, 1.82) is 0 Å². The fourth-order valence-electron chi connectivity index (χ4n) is 5.42. The quantitative estimate of drug-likeness (QED) is 0.331. The first-order valence-corrected chi connectivity index (χ1v) is 14.8. The predicted molar refractivity (Wildman–Crippen MR) is 158 cm³/mol. The Labute approximate surface area is 247 Å². The van der Waals surface area contributed by atoms with Crippen LogP contribution in [-0.4, -0.2) is 83.5 Å². The number of halogens is 2. The molecule has 2 atom stereocenters. The molecule has 10 heteroatoms. The maximum atomic E-state index is 14.0. The van der Waals surface area contributed by atoms with Crippen LogP contribution < -0.4 is 10.6 Å². The largest absolute Gasteiger partial charge is 0.390 e. The van der Waals surface area contributed by atoms with Crippen LogP contribution in [0.25, 0.3) is 0 Å². The number of amides is 3. The van der Waals surface area contributed by atoms with Crippen molar-refractivity contribution >= 4 is 17.7 Å². The standard InChI is InChI=1S/C32H44F2N4O4/c1-5-9-38(10-6-2)32(42)25-14-21(3)13-24(18-25)31(41)36-29(17-23-15-26(33)19-27(34)16-23)30(40)20-35-28-7-11-37(12-8-28)22(4)39/h13-16,18-19,28-30,35,40H,5-12,17,20H2,1-4H3,(H,36,41)/t29-,30+/m0/s1. The molecule has 3 N–H and O–H groups in total. The van der Waals surface area contributed by atoms with Crippen molar-refractivity contribution in [3.63, 3.8) is 0 Å². The van der Waals surface area contributed by atoms with Crippen LogP contribution in [0.5, 0.6) is 0 Å². The summed E-state index contributed by atoms with van der Waals surface area (Å²) < 4.78 is 27.9. The number of aliphatic hydroxyl groups is 1. The molecule has 3 amide bonds. The number of rotatable bonds is 13. The Kier molecular flexibility index (Phi) is 12.4. The van der Waals surface area contributed by atoms with Crippen LogP contribution in [0.4, 0.5) is 8.78 Å². The van der Waals surface area contributed by atoms with Crippen LogP contribution in [0, 0.1) is 18.6 Å². The second-order valence-corrected chi connectivity index (χ2v) is 11.2. The Morgan fingerprint density at radius 1 is 0.976 bits per heavy atom. The van der Waals surface area contributed by atoms with Crippen molar-refractivity contribution < 1.29 is 28.3 Å². The minimum absolute atomic E-state index is 0.00950. The highest BCUT2D eigenvalue weighted by atomic mass is 19.1. The number of hydrogen-bond acceptors (Lipinski definition) is 5. The zero-order valence-electron chi connectivity index (χ0n) is 25.1. The van der Waals surface area contributed by atoms with E-state index in [0.29, 0.717) is 37.3 Å². The summed E-state index contributed by atoms with van der Waals surface area (Å²) >= 11 is 0. The molecule has 0 aliphatic carbocycles. The molecule has 0 radical (unpaired) electrons. The van der Waals surface area contributed by atoms with Gasteiger partial charge in [-0.1, -0.05) is 13.8 Å². The van der Waals surface area contributed by atoms with Gasteiger partial charge in [-0.2, -0.15) is 0 Å². The first-order valence-electron chi connectivity index (χ1n) is 14.8. The molecule has 1 fully saturated rings. The molecule has 0 spiro atoms. The first-order chi connectivity index (χ1) is 20.0. The fourth-order valence-corrected chi connectivity index (χ4v) is 5.42. The molecule has 0 unspecified atom stereocenters. The maximum Gasteiger partial charge on any atom is 0.253 e. The summed E-state index contributed by atoms with van der Waals surface area (Å²) in [4.78, 5) is 41.9. The molecule has 0 aromatic heterocycles. The third-order valence-corrected chi connectivity index (χ3v) is 7.58. The average Bonchev–Trinajstić information content (AvgIpc) is 2.94. The monoisotopic (exact) mass is 586 g/mol. The van der Waals surface area contributed by atoms with E-state index in [1.807, 2.05) is 13.8 Å². The second-order valence-electron chi connectivity index (χ2n) is 11.2. The van der Waals surface area contributed by atoms with Gasteiger partial charge >= 0.3 is 0 Å². The third kappa shape index (κ3) is 9.59. The van der Waals surface area contributed by atoms with E-state index >= 15 is 0 Å². The number of benzene rings is 2. The van der Waals surface area contributed by atoms with Crippen molar-refractivity contribution in [2.75, 3.05) is 32.7 Å². The smallest absolute Gasteiger partial charge is 0.253 e. The average molecular weight is 587 g/mol. The van der Waals surface area contributed by atoms with Gasteiger partial charge in [0.05, 0.1) is 12.1 Å². The fraction of sp³-hybridized carbons (Fsp3) is 0.531. The number of nitrogens with zero attached hydrogens (tertiary/aromatic N) is 2. The highest BCUT2D eigenvalue weighted by molar-refractivity contribution is 6.00. The van der Waals surface area contributed by atoms with Gasteiger partial charge in [0.15, 0.2) is 0 Å². The van der Waals surface area contributed by atoms with E-state index in [2.05, 4.69) is 10.6 Å². The molecular formula is C32H44F2N4O4. The molecule has 230 valence electrons. The Balaban J connectivity index is 1.78. The van der Waals surface area contributed by atoms with Gasteiger partial charge in [-0.15, -0.1) is 0 Å². The van der Waals surface area contributed by atoms with E-state index in [1.54, 1.807) is 41.8 Å². The Bertz CT molecular complexity index is 1210. The predicted octanol–water partition coefficient (Wildman–Crippen LogP) is 3.84. The molecular weight excluding hydrogens is 542 g/mol. The third-order valence-electron chi connectivity index (χ3n) is 7.58. The number of carbonyl (C=O) groups excluding carboxylic acids is 3. The summed E-state index contributed by atoms with van der Waals surface area (Å²) in [5, 5.41) is 17.3. The normalized spacial score (nSPS) is 15.3. The van der Waals surface area contributed by atoms with Crippen LogP contribution in [0.15, 0.2) is 36.4 Å². The molecule has 1 aliphatic heterocycles. The number of nitrogens with one attached hydrogen (secondary N) is 2.